The topological polar surface area (TPSA) is 86.0 Å². The molecule has 1 aromatic heterocycles. The molecule has 1 unspecified atom stereocenters. The summed E-state index contributed by atoms with van der Waals surface area (Å²) in [5, 5.41) is 0.673. The second-order valence-corrected chi connectivity index (χ2v) is 9.54. The first-order valence-corrected chi connectivity index (χ1v) is 12.7. The molecule has 7 nitrogen and oxygen atoms in total. The molecule has 1 aliphatic heterocycles. The number of halogens is 1. The number of nitrogens with zero attached hydrogens (tertiary/aromatic N) is 1. The van der Waals surface area contributed by atoms with Crippen LogP contribution in [0.4, 0.5) is 5.69 Å². The van der Waals surface area contributed by atoms with Gasteiger partial charge in [-0.2, -0.15) is 0 Å². The summed E-state index contributed by atoms with van der Waals surface area (Å²) in [5.74, 6) is 0.473. The number of anilines is 1. The minimum absolute atomic E-state index is 0.0345. The van der Waals surface area contributed by atoms with Crippen molar-refractivity contribution < 1.29 is 23.5 Å². The number of hydrogen-bond donors (Lipinski definition) is 0. The first-order valence-electron chi connectivity index (χ1n) is 12.4. The van der Waals surface area contributed by atoms with E-state index in [0.717, 1.165) is 12.8 Å². The van der Waals surface area contributed by atoms with Gasteiger partial charge in [-0.1, -0.05) is 31.0 Å². The van der Waals surface area contributed by atoms with Gasteiger partial charge in [0.05, 0.1) is 30.7 Å². The van der Waals surface area contributed by atoms with Crippen molar-refractivity contribution in [3.05, 3.63) is 98.4 Å². The fourth-order valence-electron chi connectivity index (χ4n) is 4.68. The summed E-state index contributed by atoms with van der Waals surface area (Å²) in [4.78, 5) is 41.0. The summed E-state index contributed by atoms with van der Waals surface area (Å²) < 4.78 is 17.5. The van der Waals surface area contributed by atoms with E-state index in [2.05, 4.69) is 6.92 Å². The average molecular weight is 532 g/mol. The lowest BCUT2D eigenvalue weighted by molar-refractivity contribution is 0.0970. The Morgan fingerprint density at radius 1 is 1.03 bits per heavy atom. The summed E-state index contributed by atoms with van der Waals surface area (Å²) in [6.45, 7) is 4.10. The van der Waals surface area contributed by atoms with Gasteiger partial charge in [0.25, 0.3) is 5.91 Å². The second kappa shape index (κ2) is 10.3. The van der Waals surface area contributed by atoms with Gasteiger partial charge in [-0.25, -0.2) is 0 Å². The number of unbranched alkanes of at least 4 members (excludes halogenated alkanes) is 1. The number of rotatable bonds is 8. The molecular weight excluding hydrogens is 506 g/mol. The maximum Gasteiger partial charge on any atom is 0.295 e. The Labute approximate surface area is 224 Å². The molecule has 38 heavy (non-hydrogen) atoms. The molecule has 1 aliphatic rings. The van der Waals surface area contributed by atoms with Gasteiger partial charge in [0.15, 0.2) is 22.7 Å². The molecule has 0 spiro atoms. The van der Waals surface area contributed by atoms with Crippen molar-refractivity contribution in [2.45, 2.75) is 32.7 Å². The highest BCUT2D eigenvalue weighted by molar-refractivity contribution is 6.31. The molecule has 0 radical (unpaired) electrons. The van der Waals surface area contributed by atoms with Crippen molar-refractivity contribution in [2.24, 2.45) is 0 Å². The van der Waals surface area contributed by atoms with Crippen molar-refractivity contribution in [2.75, 3.05) is 18.6 Å². The largest absolute Gasteiger partial charge is 0.493 e. The van der Waals surface area contributed by atoms with E-state index < -0.39 is 11.9 Å². The Balaban J connectivity index is 1.70. The number of carbonyl (C=O) groups is 2. The van der Waals surface area contributed by atoms with Crippen molar-refractivity contribution in [3.63, 3.8) is 0 Å². The zero-order valence-corrected chi connectivity index (χ0v) is 22.0. The van der Waals surface area contributed by atoms with Gasteiger partial charge in [-0.3, -0.25) is 19.3 Å². The van der Waals surface area contributed by atoms with E-state index in [4.69, 9.17) is 25.5 Å². The number of hydrogen-bond acceptors (Lipinski definition) is 6. The van der Waals surface area contributed by atoms with E-state index in [1.165, 1.54) is 11.8 Å². The standard InChI is InChI=1S/C30H26ClNO6/c1-4-5-14-37-24-12-8-19(15-25(24)36-3)27-26-28(34)22-16-20(31)9-13-23(22)38-29(26)30(35)32(27)21-10-6-18(7-11-21)17(2)33/h6-13,15-16,27H,4-5,14H2,1-3H3. The fraction of sp³-hybridized carbons (Fsp3) is 0.233. The molecule has 2 heterocycles. The Kier molecular flexibility index (Phi) is 6.95. The maximum atomic E-state index is 13.8. The molecule has 3 aromatic carbocycles. The second-order valence-electron chi connectivity index (χ2n) is 9.11. The van der Waals surface area contributed by atoms with Gasteiger partial charge in [-0.15, -0.1) is 0 Å². The van der Waals surface area contributed by atoms with Crippen LogP contribution in [0.1, 0.15) is 64.8 Å². The molecule has 4 aromatic rings. The molecule has 0 aliphatic carbocycles. The quantitative estimate of drug-likeness (QED) is 0.188. The molecule has 1 atom stereocenters. The zero-order chi connectivity index (χ0) is 27.0. The van der Waals surface area contributed by atoms with E-state index in [0.29, 0.717) is 39.9 Å². The summed E-state index contributed by atoms with van der Waals surface area (Å²) in [6.07, 6.45) is 1.89. The van der Waals surface area contributed by atoms with E-state index in [1.807, 2.05) is 6.07 Å². The Morgan fingerprint density at radius 2 is 1.79 bits per heavy atom. The lowest BCUT2D eigenvalue weighted by atomic mass is 9.97. The van der Waals surface area contributed by atoms with E-state index in [1.54, 1.807) is 61.7 Å². The van der Waals surface area contributed by atoms with Crippen molar-refractivity contribution >= 4 is 39.9 Å². The third-order valence-electron chi connectivity index (χ3n) is 6.64. The number of ketones is 1. The molecule has 0 N–H and O–H groups in total. The highest BCUT2D eigenvalue weighted by Gasteiger charge is 2.44. The normalized spacial score (nSPS) is 14.6. The minimum Gasteiger partial charge on any atom is -0.493 e. The van der Waals surface area contributed by atoms with E-state index in [9.17, 15) is 14.4 Å². The van der Waals surface area contributed by atoms with Crippen LogP contribution in [0.25, 0.3) is 11.0 Å². The average Bonchev–Trinajstić information content (AvgIpc) is 3.21. The van der Waals surface area contributed by atoms with Crippen LogP contribution in [0.5, 0.6) is 11.5 Å². The Bertz CT molecular complexity index is 1610. The molecule has 5 rings (SSSR count). The number of benzene rings is 3. The van der Waals surface area contributed by atoms with E-state index >= 15 is 0 Å². The van der Waals surface area contributed by atoms with Crippen LogP contribution in [-0.4, -0.2) is 25.4 Å². The number of amides is 1. The highest BCUT2D eigenvalue weighted by Crippen LogP contribution is 2.43. The number of fused-ring (bicyclic) bond motifs is 2. The fourth-order valence-corrected chi connectivity index (χ4v) is 4.86. The van der Waals surface area contributed by atoms with Gasteiger partial charge in [0, 0.05) is 16.3 Å². The monoisotopic (exact) mass is 531 g/mol. The summed E-state index contributed by atoms with van der Waals surface area (Å²) in [7, 11) is 1.54. The summed E-state index contributed by atoms with van der Waals surface area (Å²) in [6, 6.07) is 16.0. The van der Waals surface area contributed by atoms with Crippen LogP contribution < -0.4 is 19.8 Å². The third kappa shape index (κ3) is 4.43. The number of ether oxygens (including phenoxy) is 2. The third-order valence-corrected chi connectivity index (χ3v) is 6.88. The Morgan fingerprint density at radius 3 is 2.47 bits per heavy atom. The molecule has 0 saturated carbocycles. The van der Waals surface area contributed by atoms with Crippen molar-refractivity contribution in [1.29, 1.82) is 0 Å². The molecule has 0 fully saturated rings. The molecule has 0 bridgehead atoms. The van der Waals surface area contributed by atoms with Crippen LogP contribution in [0.2, 0.25) is 5.02 Å². The molecule has 0 saturated heterocycles. The number of carbonyl (C=O) groups excluding carboxylic acids is 2. The summed E-state index contributed by atoms with van der Waals surface area (Å²) in [5.41, 5.74) is 1.81. The minimum atomic E-state index is -0.807. The highest BCUT2D eigenvalue weighted by atomic mass is 35.5. The van der Waals surface area contributed by atoms with Gasteiger partial charge >= 0.3 is 0 Å². The maximum absolute atomic E-state index is 13.8. The predicted molar refractivity (Wildman–Crippen MR) is 146 cm³/mol. The van der Waals surface area contributed by atoms with Crippen LogP contribution >= 0.6 is 11.6 Å². The number of methoxy groups -OCH3 is 1. The molecule has 194 valence electrons. The first kappa shape index (κ1) is 25.5. The summed E-state index contributed by atoms with van der Waals surface area (Å²) >= 11 is 6.18. The van der Waals surface area contributed by atoms with Crippen LogP contribution in [0.15, 0.2) is 69.9 Å². The van der Waals surface area contributed by atoms with Crippen LogP contribution in [0.3, 0.4) is 0 Å². The lowest BCUT2D eigenvalue weighted by Gasteiger charge is -2.26. The molecular formula is C30H26ClNO6. The molecule has 1 amide bonds. The van der Waals surface area contributed by atoms with Gasteiger partial charge in [-0.05, 0) is 73.5 Å². The number of Topliss-reactive ketones (excluding diaryl/α,β-unsaturated/α-hetero) is 1. The van der Waals surface area contributed by atoms with E-state index in [-0.39, 0.29) is 33.5 Å². The zero-order valence-electron chi connectivity index (χ0n) is 21.2. The van der Waals surface area contributed by atoms with Crippen molar-refractivity contribution in [1.82, 2.24) is 0 Å². The lowest BCUT2D eigenvalue weighted by Crippen LogP contribution is -2.29. The SMILES string of the molecule is CCCCOc1ccc(C2c3c(oc4ccc(Cl)cc4c3=O)C(=O)N2c2ccc(C(C)=O)cc2)cc1OC. The smallest absolute Gasteiger partial charge is 0.295 e. The van der Waals surface area contributed by atoms with Gasteiger partial charge in [0.1, 0.15) is 5.58 Å². The van der Waals surface area contributed by atoms with Gasteiger partial charge in [0.2, 0.25) is 5.76 Å². The van der Waals surface area contributed by atoms with Crippen LogP contribution in [-0.2, 0) is 0 Å². The van der Waals surface area contributed by atoms with Gasteiger partial charge < -0.3 is 13.9 Å². The molecule has 8 heteroatoms. The predicted octanol–water partition coefficient (Wildman–Crippen LogP) is 6.59. The van der Waals surface area contributed by atoms with Crippen molar-refractivity contribution in [3.8, 4) is 11.5 Å². The van der Waals surface area contributed by atoms with Crippen LogP contribution in [0, 0.1) is 0 Å². The Hall–Kier alpha value is -4.10. The first-order chi connectivity index (χ1) is 18.3.